The molecule has 0 unspecified atom stereocenters. The summed E-state index contributed by atoms with van der Waals surface area (Å²) in [7, 11) is 0. The minimum atomic E-state index is -0.909. The Bertz CT molecular complexity index is 560. The summed E-state index contributed by atoms with van der Waals surface area (Å²) in [6, 6.07) is 4.32. The Morgan fingerprint density at radius 2 is 2.22 bits per heavy atom. The van der Waals surface area contributed by atoms with Gasteiger partial charge in [-0.3, -0.25) is 0 Å². The Morgan fingerprint density at radius 1 is 1.48 bits per heavy atom. The number of carbonyl (C=O) groups excluding carboxylic acids is 1. The normalized spacial score (nSPS) is 18.3. The highest BCUT2D eigenvalue weighted by molar-refractivity contribution is 7.97. The molecule has 1 aliphatic heterocycles. The number of likely N-dealkylation sites (tertiary alicyclic amines) is 1. The highest BCUT2D eigenvalue weighted by atomic mass is 32.2. The van der Waals surface area contributed by atoms with Crippen molar-refractivity contribution in [2.75, 3.05) is 12.8 Å². The summed E-state index contributed by atoms with van der Waals surface area (Å²) in [5, 5.41) is 13.1. The Labute approximate surface area is 141 Å². The van der Waals surface area contributed by atoms with E-state index in [-0.39, 0.29) is 17.9 Å². The maximum absolute atomic E-state index is 13.4. The van der Waals surface area contributed by atoms with E-state index in [9.17, 15) is 14.3 Å². The monoisotopic (exact) mass is 340 g/mol. The summed E-state index contributed by atoms with van der Waals surface area (Å²) in [5.74, 6) is 0.449. The lowest BCUT2D eigenvalue weighted by atomic mass is 9.97. The van der Waals surface area contributed by atoms with Gasteiger partial charge in [-0.15, -0.1) is 0 Å². The van der Waals surface area contributed by atoms with Crippen molar-refractivity contribution in [3.05, 3.63) is 35.1 Å². The second-order valence-corrected chi connectivity index (χ2v) is 7.38. The van der Waals surface area contributed by atoms with Crippen LogP contribution in [0.15, 0.2) is 18.2 Å². The molecule has 128 valence electrons. The van der Waals surface area contributed by atoms with Crippen molar-refractivity contribution in [1.82, 2.24) is 10.2 Å². The molecule has 1 saturated heterocycles. The number of hydrogen-bond donors (Lipinski definition) is 2. The molecule has 0 saturated carbocycles. The van der Waals surface area contributed by atoms with Crippen LogP contribution in [0.25, 0.3) is 0 Å². The second-order valence-electron chi connectivity index (χ2n) is 6.51. The van der Waals surface area contributed by atoms with Crippen molar-refractivity contribution in [2.24, 2.45) is 0 Å². The zero-order valence-electron chi connectivity index (χ0n) is 13.9. The van der Waals surface area contributed by atoms with Gasteiger partial charge < -0.3 is 15.3 Å². The molecule has 1 heterocycles. The minimum absolute atomic E-state index is 0.165. The Kier molecular flexibility index (Phi) is 5.92. The van der Waals surface area contributed by atoms with Gasteiger partial charge in [0.15, 0.2) is 0 Å². The number of amides is 2. The van der Waals surface area contributed by atoms with Crippen molar-refractivity contribution in [1.29, 1.82) is 0 Å². The first kappa shape index (κ1) is 18.1. The fraction of sp³-hybridized carbons (Fsp3) is 0.588. The number of carbonyl (C=O) groups is 1. The third kappa shape index (κ3) is 4.61. The van der Waals surface area contributed by atoms with Crippen molar-refractivity contribution in [2.45, 2.75) is 50.6 Å². The molecule has 1 aromatic carbocycles. The van der Waals surface area contributed by atoms with Gasteiger partial charge in [0.1, 0.15) is 5.82 Å². The molecule has 23 heavy (non-hydrogen) atoms. The van der Waals surface area contributed by atoms with E-state index in [1.54, 1.807) is 36.6 Å². The number of hydrogen-bond acceptors (Lipinski definition) is 3. The molecule has 1 aliphatic rings. The van der Waals surface area contributed by atoms with Crippen molar-refractivity contribution in [3.63, 3.8) is 0 Å². The zero-order valence-corrected chi connectivity index (χ0v) is 14.8. The van der Waals surface area contributed by atoms with Crippen LogP contribution in [0.2, 0.25) is 0 Å². The van der Waals surface area contributed by atoms with Gasteiger partial charge in [0, 0.05) is 18.8 Å². The number of thioether (sulfide) groups is 1. The van der Waals surface area contributed by atoms with Crippen LogP contribution < -0.4 is 5.32 Å². The second kappa shape index (κ2) is 7.53. The first-order chi connectivity index (χ1) is 10.8. The van der Waals surface area contributed by atoms with Crippen LogP contribution in [0, 0.1) is 5.82 Å². The van der Waals surface area contributed by atoms with Crippen LogP contribution in [0.4, 0.5) is 9.18 Å². The van der Waals surface area contributed by atoms with Crippen molar-refractivity contribution >= 4 is 17.8 Å². The molecule has 2 amide bonds. The van der Waals surface area contributed by atoms with Crippen LogP contribution in [-0.4, -0.2) is 40.5 Å². The van der Waals surface area contributed by atoms with E-state index in [0.29, 0.717) is 18.8 Å². The number of benzene rings is 1. The summed E-state index contributed by atoms with van der Waals surface area (Å²) in [4.78, 5) is 14.1. The van der Waals surface area contributed by atoms with E-state index in [0.717, 1.165) is 24.0 Å². The first-order valence-electron chi connectivity index (χ1n) is 7.86. The fourth-order valence-corrected chi connectivity index (χ4v) is 3.65. The summed E-state index contributed by atoms with van der Waals surface area (Å²) in [6.07, 6.45) is 3.67. The number of halogens is 1. The van der Waals surface area contributed by atoms with E-state index in [1.165, 1.54) is 12.1 Å². The average molecular weight is 340 g/mol. The molecule has 6 heteroatoms. The van der Waals surface area contributed by atoms with Gasteiger partial charge in [0.2, 0.25) is 0 Å². The minimum Gasteiger partial charge on any atom is -0.388 e. The lowest BCUT2D eigenvalue weighted by Crippen LogP contribution is -2.51. The van der Waals surface area contributed by atoms with Crippen LogP contribution >= 0.6 is 11.8 Å². The summed E-state index contributed by atoms with van der Waals surface area (Å²) >= 11 is 1.62. The predicted octanol–water partition coefficient (Wildman–Crippen LogP) is 3.13. The summed E-state index contributed by atoms with van der Waals surface area (Å²) in [5.41, 5.74) is 0.916. The van der Waals surface area contributed by atoms with Gasteiger partial charge in [0.05, 0.1) is 11.6 Å². The average Bonchev–Trinajstić information content (AvgIpc) is 2.96. The molecule has 0 spiro atoms. The molecule has 0 aromatic heterocycles. The maximum Gasteiger partial charge on any atom is 0.318 e. The lowest BCUT2D eigenvalue weighted by Gasteiger charge is -2.33. The molecule has 1 atom stereocenters. The van der Waals surface area contributed by atoms with Crippen molar-refractivity contribution in [3.8, 4) is 0 Å². The van der Waals surface area contributed by atoms with E-state index >= 15 is 0 Å². The molecule has 0 radical (unpaired) electrons. The molecular weight excluding hydrogens is 315 g/mol. The van der Waals surface area contributed by atoms with Gasteiger partial charge in [-0.2, -0.15) is 11.8 Å². The topological polar surface area (TPSA) is 52.6 Å². The van der Waals surface area contributed by atoms with E-state index < -0.39 is 5.60 Å². The van der Waals surface area contributed by atoms with Gasteiger partial charge in [-0.1, -0.05) is 6.07 Å². The first-order valence-corrected chi connectivity index (χ1v) is 9.25. The third-order valence-corrected chi connectivity index (χ3v) is 4.83. The van der Waals surface area contributed by atoms with Crippen LogP contribution in [0.1, 0.15) is 37.8 Å². The number of nitrogens with zero attached hydrogens (tertiary/aromatic N) is 1. The van der Waals surface area contributed by atoms with E-state index in [2.05, 4.69) is 5.32 Å². The van der Waals surface area contributed by atoms with Gasteiger partial charge in [-0.05, 0) is 56.2 Å². The molecule has 1 aromatic rings. The highest BCUT2D eigenvalue weighted by Crippen LogP contribution is 2.26. The summed E-state index contributed by atoms with van der Waals surface area (Å²) in [6.45, 7) is 4.49. The largest absolute Gasteiger partial charge is 0.388 e. The molecule has 2 N–H and O–H groups in total. The van der Waals surface area contributed by atoms with Crippen molar-refractivity contribution < 1.29 is 14.3 Å². The Hall–Kier alpha value is -1.27. The molecule has 1 fully saturated rings. The van der Waals surface area contributed by atoms with E-state index in [1.807, 2.05) is 6.26 Å². The number of aliphatic hydroxyl groups is 1. The maximum atomic E-state index is 13.4. The standard InChI is InChI=1S/C17H25FN2O2S/c1-17(2,22)15-5-4-8-20(15)16(21)19-10-12-6-7-14(18)9-13(12)11-23-3/h6-7,9,15,22H,4-5,8,10-11H2,1-3H3,(H,19,21)/t15-/m0/s1. The smallest absolute Gasteiger partial charge is 0.318 e. The fourth-order valence-electron chi connectivity index (χ4n) is 3.07. The van der Waals surface area contributed by atoms with Gasteiger partial charge >= 0.3 is 6.03 Å². The summed E-state index contributed by atoms with van der Waals surface area (Å²) < 4.78 is 13.4. The highest BCUT2D eigenvalue weighted by Gasteiger charge is 2.38. The van der Waals surface area contributed by atoms with Gasteiger partial charge in [-0.25, -0.2) is 9.18 Å². The molecule has 2 rings (SSSR count). The third-order valence-electron chi connectivity index (χ3n) is 4.23. The number of rotatable bonds is 5. The van der Waals surface area contributed by atoms with Crippen LogP contribution in [0.5, 0.6) is 0 Å². The predicted molar refractivity (Wildman–Crippen MR) is 91.9 cm³/mol. The molecule has 0 aliphatic carbocycles. The molecule has 0 bridgehead atoms. The zero-order chi connectivity index (χ0) is 17.0. The SMILES string of the molecule is CSCc1cc(F)ccc1CNC(=O)N1CCC[C@H]1C(C)(C)O. The molecule has 4 nitrogen and oxygen atoms in total. The Balaban J connectivity index is 2.02. The molecular formula is C17H25FN2O2S. The quantitative estimate of drug-likeness (QED) is 0.866. The van der Waals surface area contributed by atoms with Gasteiger partial charge in [0.25, 0.3) is 0 Å². The van der Waals surface area contributed by atoms with Crippen LogP contribution in [-0.2, 0) is 12.3 Å². The van der Waals surface area contributed by atoms with E-state index in [4.69, 9.17) is 0 Å². The number of urea groups is 1. The Morgan fingerprint density at radius 3 is 2.87 bits per heavy atom. The number of nitrogens with one attached hydrogen (secondary N) is 1. The lowest BCUT2D eigenvalue weighted by molar-refractivity contribution is 0.00978. The van der Waals surface area contributed by atoms with Crippen LogP contribution in [0.3, 0.4) is 0 Å².